The Balaban J connectivity index is 2.28. The van der Waals surface area contributed by atoms with Crippen molar-refractivity contribution >= 4 is 11.5 Å². The number of ketones is 1. The van der Waals surface area contributed by atoms with Crippen molar-refractivity contribution in [1.82, 2.24) is 0 Å². The molecule has 1 fully saturated rings. The number of carbonyl (C=O) groups excluding carboxylic acids is 1. The lowest BCUT2D eigenvalue weighted by molar-refractivity contribution is 0.0526. The van der Waals surface area contributed by atoms with E-state index in [-0.39, 0.29) is 11.9 Å². The number of Topliss-reactive ketones (excluding diaryl/α,β-unsaturated/α-hetero) is 1. The SMILES string of the molecule is CCOC1CCCN(c2cc(C(C)=O)ccc2C#N)C1. The van der Waals surface area contributed by atoms with E-state index in [1.807, 2.05) is 13.0 Å². The first kappa shape index (κ1) is 14.5. The Morgan fingerprint density at radius 3 is 3.00 bits per heavy atom. The molecule has 1 aliphatic heterocycles. The summed E-state index contributed by atoms with van der Waals surface area (Å²) in [4.78, 5) is 13.7. The highest BCUT2D eigenvalue weighted by Gasteiger charge is 2.22. The van der Waals surface area contributed by atoms with Gasteiger partial charge in [0.1, 0.15) is 6.07 Å². The lowest BCUT2D eigenvalue weighted by Crippen LogP contribution is -2.40. The topological polar surface area (TPSA) is 53.3 Å². The number of piperidine rings is 1. The van der Waals surface area contributed by atoms with Crippen LogP contribution in [0.4, 0.5) is 5.69 Å². The van der Waals surface area contributed by atoms with Crippen LogP contribution in [0.1, 0.15) is 42.6 Å². The Labute approximate surface area is 120 Å². The van der Waals surface area contributed by atoms with Gasteiger partial charge >= 0.3 is 0 Å². The molecule has 0 amide bonds. The zero-order valence-electron chi connectivity index (χ0n) is 12.1. The summed E-state index contributed by atoms with van der Waals surface area (Å²) in [5.41, 5.74) is 2.12. The highest BCUT2D eigenvalue weighted by molar-refractivity contribution is 5.95. The minimum Gasteiger partial charge on any atom is -0.377 e. The van der Waals surface area contributed by atoms with Crippen LogP contribution in [0.15, 0.2) is 18.2 Å². The van der Waals surface area contributed by atoms with E-state index in [2.05, 4.69) is 11.0 Å². The van der Waals surface area contributed by atoms with E-state index < -0.39 is 0 Å². The van der Waals surface area contributed by atoms with Crippen molar-refractivity contribution in [3.05, 3.63) is 29.3 Å². The van der Waals surface area contributed by atoms with Gasteiger partial charge in [0.05, 0.1) is 17.4 Å². The molecular formula is C16H20N2O2. The van der Waals surface area contributed by atoms with E-state index >= 15 is 0 Å². The fourth-order valence-electron chi connectivity index (χ4n) is 2.64. The smallest absolute Gasteiger partial charge is 0.159 e. The Bertz CT molecular complexity index is 532. The summed E-state index contributed by atoms with van der Waals surface area (Å²) in [5, 5.41) is 9.26. The first-order valence-electron chi connectivity index (χ1n) is 7.07. The van der Waals surface area contributed by atoms with Crippen LogP contribution >= 0.6 is 0 Å². The summed E-state index contributed by atoms with van der Waals surface area (Å²) in [5.74, 6) is 0.0223. The van der Waals surface area contributed by atoms with E-state index in [0.717, 1.165) is 31.6 Å². The number of anilines is 1. The van der Waals surface area contributed by atoms with E-state index in [1.165, 1.54) is 0 Å². The number of benzene rings is 1. The van der Waals surface area contributed by atoms with Gasteiger partial charge in [0.2, 0.25) is 0 Å². The molecule has 106 valence electrons. The number of hydrogen-bond acceptors (Lipinski definition) is 4. The summed E-state index contributed by atoms with van der Waals surface area (Å²) in [6.45, 7) is 5.93. The summed E-state index contributed by atoms with van der Waals surface area (Å²) in [7, 11) is 0. The van der Waals surface area contributed by atoms with Gasteiger partial charge in [-0.1, -0.05) is 0 Å². The van der Waals surface area contributed by atoms with Crippen molar-refractivity contribution in [1.29, 1.82) is 5.26 Å². The Morgan fingerprint density at radius 1 is 1.55 bits per heavy atom. The Kier molecular flexibility index (Phi) is 4.75. The molecule has 0 aliphatic carbocycles. The van der Waals surface area contributed by atoms with Gasteiger partial charge in [-0.05, 0) is 44.9 Å². The van der Waals surface area contributed by atoms with Crippen molar-refractivity contribution in [2.24, 2.45) is 0 Å². The monoisotopic (exact) mass is 272 g/mol. The second-order valence-corrected chi connectivity index (χ2v) is 5.07. The number of hydrogen-bond donors (Lipinski definition) is 0. The second kappa shape index (κ2) is 6.53. The molecule has 1 saturated heterocycles. The average Bonchev–Trinajstić information content (AvgIpc) is 2.47. The fraction of sp³-hybridized carbons (Fsp3) is 0.500. The molecule has 0 radical (unpaired) electrons. The van der Waals surface area contributed by atoms with Crippen LogP contribution in [0.5, 0.6) is 0 Å². The van der Waals surface area contributed by atoms with Gasteiger partial charge in [-0.15, -0.1) is 0 Å². The van der Waals surface area contributed by atoms with Crippen molar-refractivity contribution < 1.29 is 9.53 Å². The third-order valence-corrected chi connectivity index (χ3v) is 3.65. The number of rotatable bonds is 4. The number of ether oxygens (including phenoxy) is 1. The Hall–Kier alpha value is -1.86. The molecule has 0 spiro atoms. The van der Waals surface area contributed by atoms with E-state index in [4.69, 9.17) is 4.74 Å². The maximum absolute atomic E-state index is 11.5. The molecule has 2 rings (SSSR count). The van der Waals surface area contributed by atoms with E-state index in [0.29, 0.717) is 17.7 Å². The summed E-state index contributed by atoms with van der Waals surface area (Å²) < 4.78 is 5.69. The third-order valence-electron chi connectivity index (χ3n) is 3.65. The zero-order chi connectivity index (χ0) is 14.5. The summed E-state index contributed by atoms with van der Waals surface area (Å²) in [6, 6.07) is 7.49. The van der Waals surface area contributed by atoms with Crippen molar-refractivity contribution in [3.8, 4) is 6.07 Å². The highest BCUT2D eigenvalue weighted by atomic mass is 16.5. The molecule has 1 aromatic rings. The van der Waals surface area contributed by atoms with Crippen LogP contribution < -0.4 is 4.90 Å². The van der Waals surface area contributed by atoms with Crippen LogP contribution in [0.2, 0.25) is 0 Å². The standard InChI is InChI=1S/C16H20N2O2/c1-3-20-15-5-4-8-18(11-15)16-9-13(12(2)19)6-7-14(16)10-17/h6-7,9,15H,3-5,8,11H2,1-2H3. The highest BCUT2D eigenvalue weighted by Crippen LogP contribution is 2.26. The van der Waals surface area contributed by atoms with Crippen molar-refractivity contribution in [2.45, 2.75) is 32.8 Å². The third kappa shape index (κ3) is 3.17. The molecule has 0 bridgehead atoms. The predicted molar refractivity (Wildman–Crippen MR) is 78.0 cm³/mol. The average molecular weight is 272 g/mol. The predicted octanol–water partition coefficient (Wildman–Crippen LogP) is 2.77. The van der Waals surface area contributed by atoms with E-state index in [1.54, 1.807) is 19.1 Å². The molecule has 1 atom stereocenters. The minimum atomic E-state index is 0.0223. The lowest BCUT2D eigenvalue weighted by atomic mass is 10.0. The second-order valence-electron chi connectivity index (χ2n) is 5.07. The number of carbonyl (C=O) groups is 1. The van der Waals surface area contributed by atoms with Crippen LogP contribution in [0.25, 0.3) is 0 Å². The molecule has 4 heteroatoms. The van der Waals surface area contributed by atoms with Gasteiger partial charge in [-0.25, -0.2) is 0 Å². The van der Waals surface area contributed by atoms with Crippen LogP contribution in [-0.2, 0) is 4.74 Å². The quantitative estimate of drug-likeness (QED) is 0.791. The van der Waals surface area contributed by atoms with Crippen LogP contribution in [0.3, 0.4) is 0 Å². The van der Waals surface area contributed by atoms with Gasteiger partial charge in [-0.2, -0.15) is 5.26 Å². The molecule has 1 aliphatic rings. The first-order chi connectivity index (χ1) is 9.65. The largest absolute Gasteiger partial charge is 0.377 e. The maximum atomic E-state index is 11.5. The molecule has 0 saturated carbocycles. The molecule has 4 nitrogen and oxygen atoms in total. The zero-order valence-corrected chi connectivity index (χ0v) is 12.1. The van der Waals surface area contributed by atoms with Gasteiger partial charge in [0, 0.05) is 25.3 Å². The van der Waals surface area contributed by atoms with Crippen molar-refractivity contribution in [3.63, 3.8) is 0 Å². The minimum absolute atomic E-state index is 0.0223. The molecule has 1 unspecified atom stereocenters. The van der Waals surface area contributed by atoms with Crippen molar-refractivity contribution in [2.75, 3.05) is 24.6 Å². The number of nitriles is 1. The van der Waals surface area contributed by atoms with Gasteiger partial charge in [0.15, 0.2) is 5.78 Å². The molecule has 1 aromatic carbocycles. The van der Waals surface area contributed by atoms with E-state index in [9.17, 15) is 10.1 Å². The molecule has 1 heterocycles. The van der Waals surface area contributed by atoms with Gasteiger partial charge in [0.25, 0.3) is 0 Å². The Morgan fingerprint density at radius 2 is 2.35 bits per heavy atom. The van der Waals surface area contributed by atoms with Gasteiger partial charge < -0.3 is 9.64 Å². The van der Waals surface area contributed by atoms with Gasteiger partial charge in [-0.3, -0.25) is 4.79 Å². The number of nitrogens with zero attached hydrogens (tertiary/aromatic N) is 2. The molecule has 0 aromatic heterocycles. The normalized spacial score (nSPS) is 18.6. The molecule has 0 N–H and O–H groups in total. The maximum Gasteiger partial charge on any atom is 0.159 e. The summed E-state index contributed by atoms with van der Waals surface area (Å²) >= 11 is 0. The lowest BCUT2D eigenvalue weighted by Gasteiger charge is -2.34. The fourth-order valence-corrected chi connectivity index (χ4v) is 2.64. The van der Waals surface area contributed by atoms with Crippen LogP contribution in [0, 0.1) is 11.3 Å². The van der Waals surface area contributed by atoms with Crippen LogP contribution in [-0.4, -0.2) is 31.6 Å². The first-order valence-corrected chi connectivity index (χ1v) is 7.07. The molecule has 20 heavy (non-hydrogen) atoms. The summed E-state index contributed by atoms with van der Waals surface area (Å²) in [6.07, 6.45) is 2.31. The molecular weight excluding hydrogens is 252 g/mol.